The Bertz CT molecular complexity index is 512. The maximum Gasteiger partial charge on any atom is 0.273 e. The molecule has 0 aliphatic heterocycles. The zero-order valence-corrected chi connectivity index (χ0v) is 10.1. The van der Waals surface area contributed by atoms with Crippen molar-refractivity contribution in [1.29, 1.82) is 0 Å². The molecule has 0 N–H and O–H groups in total. The molecule has 0 fully saturated rings. The van der Waals surface area contributed by atoms with Crippen LogP contribution in [0.25, 0.3) is 0 Å². The molecule has 0 saturated heterocycles. The molecule has 1 rings (SSSR count). The number of nitrogens with zero attached hydrogens (tertiary/aromatic N) is 1. The molecule has 1 aromatic rings. The van der Waals surface area contributed by atoms with Gasteiger partial charge in [0.2, 0.25) is 0 Å². The van der Waals surface area contributed by atoms with Gasteiger partial charge < -0.3 is 0 Å². The molecule has 0 bridgehead atoms. The molecule has 0 spiro atoms. The summed E-state index contributed by atoms with van der Waals surface area (Å²) in [7, 11) is -3.53. The third-order valence-electron chi connectivity index (χ3n) is 2.13. The van der Waals surface area contributed by atoms with Crippen LogP contribution in [0.4, 0.5) is 5.69 Å². The minimum atomic E-state index is -3.53. The summed E-state index contributed by atoms with van der Waals surface area (Å²) in [5, 5.41) is 10.6. The van der Waals surface area contributed by atoms with E-state index >= 15 is 0 Å². The van der Waals surface area contributed by atoms with Gasteiger partial charge in [-0.05, 0) is 13.0 Å². The minimum Gasteiger partial charge on any atom is -0.258 e. The van der Waals surface area contributed by atoms with Crippen molar-refractivity contribution in [2.24, 2.45) is 0 Å². The summed E-state index contributed by atoms with van der Waals surface area (Å²) in [6.45, 7) is 1.42. The molecule has 1 aromatic carbocycles. The first-order valence-electron chi connectivity index (χ1n) is 4.43. The monoisotopic (exact) mass is 263 g/mol. The molecule has 0 amide bonds. The van der Waals surface area contributed by atoms with E-state index in [1.54, 1.807) is 0 Å². The molecule has 5 nitrogen and oxygen atoms in total. The van der Waals surface area contributed by atoms with Gasteiger partial charge >= 0.3 is 0 Å². The summed E-state index contributed by atoms with van der Waals surface area (Å²) in [5.41, 5.74) is -0.0479. The van der Waals surface area contributed by atoms with Crippen molar-refractivity contribution in [2.75, 3.05) is 11.6 Å². The molecule has 16 heavy (non-hydrogen) atoms. The summed E-state index contributed by atoms with van der Waals surface area (Å²) in [6.07, 6.45) is 0. The smallest absolute Gasteiger partial charge is 0.258 e. The molecule has 0 aliphatic rings. The Hall–Kier alpha value is -1.14. The fraction of sp³-hybridized carbons (Fsp3) is 0.333. The largest absolute Gasteiger partial charge is 0.273 e. The van der Waals surface area contributed by atoms with Gasteiger partial charge in [-0.3, -0.25) is 10.1 Å². The molecule has 7 heteroatoms. The summed E-state index contributed by atoms with van der Waals surface area (Å²) < 4.78 is 23.4. The van der Waals surface area contributed by atoms with Gasteiger partial charge in [0, 0.05) is 17.5 Å². The van der Waals surface area contributed by atoms with E-state index in [9.17, 15) is 18.5 Å². The molecular weight excluding hydrogens is 254 g/mol. The number of benzene rings is 1. The summed E-state index contributed by atoms with van der Waals surface area (Å²) in [4.78, 5) is 10.0. The zero-order valence-electron chi connectivity index (χ0n) is 8.51. The highest BCUT2D eigenvalue weighted by Crippen LogP contribution is 2.25. The average molecular weight is 264 g/mol. The quantitative estimate of drug-likeness (QED) is 0.472. The predicted octanol–water partition coefficient (Wildman–Crippen LogP) is 1.92. The van der Waals surface area contributed by atoms with Crippen molar-refractivity contribution in [3.8, 4) is 0 Å². The lowest BCUT2D eigenvalue weighted by Crippen LogP contribution is -2.10. The van der Waals surface area contributed by atoms with Crippen molar-refractivity contribution in [3.63, 3.8) is 0 Å². The van der Waals surface area contributed by atoms with E-state index in [0.29, 0.717) is 0 Å². The SMILES string of the molecule is Cc1c([N+](=O)[O-])cccc1S(=O)(=O)CCCl. The van der Waals surface area contributed by atoms with Crippen LogP contribution >= 0.6 is 11.6 Å². The minimum absolute atomic E-state index is 0.0256. The standard InChI is InChI=1S/C9H10ClNO4S/c1-7-8(11(12)13)3-2-4-9(7)16(14,15)6-5-10/h2-4H,5-6H2,1H3. The van der Waals surface area contributed by atoms with Crippen LogP contribution in [0.1, 0.15) is 5.56 Å². The van der Waals surface area contributed by atoms with Crippen LogP contribution in [0.3, 0.4) is 0 Å². The number of nitro groups is 1. The molecule has 0 atom stereocenters. The molecule has 0 aliphatic carbocycles. The third-order valence-corrected chi connectivity index (χ3v) is 4.40. The Morgan fingerprint density at radius 2 is 2.06 bits per heavy atom. The topological polar surface area (TPSA) is 77.3 Å². The van der Waals surface area contributed by atoms with Crippen LogP contribution < -0.4 is 0 Å². The van der Waals surface area contributed by atoms with E-state index in [-0.39, 0.29) is 27.8 Å². The highest BCUT2D eigenvalue weighted by Gasteiger charge is 2.22. The van der Waals surface area contributed by atoms with E-state index in [0.717, 1.165) is 0 Å². The number of alkyl halides is 1. The van der Waals surface area contributed by atoms with Crippen LogP contribution in [-0.2, 0) is 9.84 Å². The van der Waals surface area contributed by atoms with Gasteiger partial charge in [-0.1, -0.05) is 6.07 Å². The van der Waals surface area contributed by atoms with Crippen LogP contribution in [-0.4, -0.2) is 25.0 Å². The van der Waals surface area contributed by atoms with Gasteiger partial charge in [-0.2, -0.15) is 0 Å². The van der Waals surface area contributed by atoms with E-state index in [1.165, 1.54) is 25.1 Å². The Morgan fingerprint density at radius 1 is 1.44 bits per heavy atom. The van der Waals surface area contributed by atoms with Crippen molar-refractivity contribution in [1.82, 2.24) is 0 Å². The lowest BCUT2D eigenvalue weighted by atomic mass is 10.2. The number of nitro benzene ring substituents is 1. The summed E-state index contributed by atoms with van der Waals surface area (Å²) >= 11 is 5.38. The highest BCUT2D eigenvalue weighted by molar-refractivity contribution is 7.91. The Balaban J connectivity index is 3.37. The first-order chi connectivity index (χ1) is 7.40. The highest BCUT2D eigenvalue weighted by atomic mass is 35.5. The Kier molecular flexibility index (Phi) is 3.88. The molecule has 0 heterocycles. The maximum atomic E-state index is 11.7. The second kappa shape index (κ2) is 4.80. The van der Waals surface area contributed by atoms with Crippen LogP contribution in [0.15, 0.2) is 23.1 Å². The molecule has 0 aromatic heterocycles. The molecule has 0 unspecified atom stereocenters. The molecule has 88 valence electrons. The number of hydrogen-bond acceptors (Lipinski definition) is 4. The first kappa shape index (κ1) is 12.9. The zero-order chi connectivity index (χ0) is 12.3. The van der Waals surface area contributed by atoms with Gasteiger partial charge in [-0.15, -0.1) is 11.6 Å². The van der Waals surface area contributed by atoms with Crippen molar-refractivity contribution >= 4 is 27.1 Å². The van der Waals surface area contributed by atoms with E-state index in [1.807, 2.05) is 0 Å². The van der Waals surface area contributed by atoms with Crippen molar-refractivity contribution in [3.05, 3.63) is 33.9 Å². The first-order valence-corrected chi connectivity index (χ1v) is 6.61. The summed E-state index contributed by atoms with van der Waals surface area (Å²) in [6, 6.07) is 3.98. The predicted molar refractivity (Wildman–Crippen MR) is 60.6 cm³/mol. The lowest BCUT2D eigenvalue weighted by Gasteiger charge is -2.06. The van der Waals surface area contributed by atoms with Gasteiger partial charge in [-0.25, -0.2) is 8.42 Å². The fourth-order valence-corrected chi connectivity index (χ4v) is 3.24. The van der Waals surface area contributed by atoms with Crippen LogP contribution in [0.2, 0.25) is 0 Å². The normalized spacial score (nSPS) is 11.4. The second-order valence-corrected chi connectivity index (χ2v) is 5.62. The van der Waals surface area contributed by atoms with Crippen molar-refractivity contribution in [2.45, 2.75) is 11.8 Å². The van der Waals surface area contributed by atoms with Gasteiger partial charge in [0.05, 0.1) is 15.6 Å². The molecule has 0 saturated carbocycles. The van der Waals surface area contributed by atoms with Crippen LogP contribution in [0.5, 0.6) is 0 Å². The van der Waals surface area contributed by atoms with Gasteiger partial charge in [0.25, 0.3) is 5.69 Å². The number of rotatable bonds is 4. The molecular formula is C9H10ClNO4S. The van der Waals surface area contributed by atoms with E-state index in [4.69, 9.17) is 11.6 Å². The van der Waals surface area contributed by atoms with Crippen molar-refractivity contribution < 1.29 is 13.3 Å². The maximum absolute atomic E-state index is 11.7. The summed E-state index contributed by atoms with van der Waals surface area (Å²) in [5.74, 6) is -0.263. The number of sulfone groups is 1. The lowest BCUT2D eigenvalue weighted by molar-refractivity contribution is -0.385. The fourth-order valence-electron chi connectivity index (χ4n) is 1.35. The number of halogens is 1. The van der Waals surface area contributed by atoms with E-state index < -0.39 is 14.8 Å². The second-order valence-electron chi connectivity index (χ2n) is 3.17. The number of hydrogen-bond donors (Lipinski definition) is 0. The Labute approximate surface area is 98.1 Å². The Morgan fingerprint density at radius 3 is 2.56 bits per heavy atom. The van der Waals surface area contributed by atoms with E-state index in [2.05, 4.69) is 0 Å². The third kappa shape index (κ3) is 2.51. The van der Waals surface area contributed by atoms with Crippen LogP contribution in [0, 0.1) is 17.0 Å². The van der Waals surface area contributed by atoms with Gasteiger partial charge in [0.15, 0.2) is 9.84 Å². The van der Waals surface area contributed by atoms with Gasteiger partial charge in [0.1, 0.15) is 0 Å². The average Bonchev–Trinajstić information content (AvgIpc) is 2.17. The molecule has 0 radical (unpaired) electrons.